The summed E-state index contributed by atoms with van der Waals surface area (Å²) in [5.41, 5.74) is 1.08. The van der Waals surface area contributed by atoms with Crippen LogP contribution < -0.4 is 5.56 Å². The van der Waals surface area contributed by atoms with Crippen LogP contribution in [-0.2, 0) is 36.9 Å². The minimum atomic E-state index is -4.43. The lowest BCUT2D eigenvalue weighted by atomic mass is 10.1. The van der Waals surface area contributed by atoms with E-state index < -0.39 is 28.9 Å². The molecule has 11 heteroatoms. The Hall–Kier alpha value is -4.93. The molecule has 0 aliphatic carbocycles. The fourth-order valence-corrected chi connectivity index (χ4v) is 4.76. The van der Waals surface area contributed by atoms with Crippen LogP contribution in [0, 0.1) is 11.6 Å². The Kier molecular flexibility index (Phi) is 8.33. The Balaban J connectivity index is 1.33. The zero-order chi connectivity index (χ0) is 30.7. The zero-order valence-electron chi connectivity index (χ0n) is 22.9. The lowest BCUT2D eigenvalue weighted by Crippen LogP contribution is -2.32. The van der Waals surface area contributed by atoms with Crippen molar-refractivity contribution >= 4 is 16.8 Å². The molecule has 2 heterocycles. The second-order valence-electron chi connectivity index (χ2n) is 10.0. The van der Waals surface area contributed by atoms with Gasteiger partial charge in [0.15, 0.2) is 11.6 Å². The van der Waals surface area contributed by atoms with Crippen molar-refractivity contribution in [1.29, 1.82) is 0 Å². The number of fused-ring (bicyclic) bond motifs is 1. The summed E-state index contributed by atoms with van der Waals surface area (Å²) in [4.78, 5) is 36.1. The van der Waals surface area contributed by atoms with Gasteiger partial charge in [0.1, 0.15) is 12.4 Å². The highest BCUT2D eigenvalue weighted by Crippen LogP contribution is 2.30. The van der Waals surface area contributed by atoms with Crippen molar-refractivity contribution in [2.75, 3.05) is 7.05 Å². The fraction of sp³-hybridized carbons (Fsp3) is 0.188. The number of carbonyl (C=O) groups excluding carboxylic acids is 1. The third kappa shape index (κ3) is 6.61. The minimum Gasteiger partial charge on any atom is -0.340 e. The average Bonchev–Trinajstić information content (AvgIpc) is 2.99. The van der Waals surface area contributed by atoms with E-state index in [4.69, 9.17) is 0 Å². The maximum atomic E-state index is 14.3. The molecule has 0 spiro atoms. The van der Waals surface area contributed by atoms with Gasteiger partial charge in [0.2, 0.25) is 5.91 Å². The highest BCUT2D eigenvalue weighted by atomic mass is 19.4. The Morgan fingerprint density at radius 2 is 1.65 bits per heavy atom. The maximum absolute atomic E-state index is 14.3. The molecule has 3 aromatic carbocycles. The van der Waals surface area contributed by atoms with Crippen molar-refractivity contribution < 1.29 is 26.7 Å². The third-order valence-corrected chi connectivity index (χ3v) is 7.09. The van der Waals surface area contributed by atoms with Gasteiger partial charge in [-0.3, -0.25) is 14.6 Å². The molecular formula is C32H25F5N4O2. The van der Waals surface area contributed by atoms with Crippen LogP contribution in [0.5, 0.6) is 0 Å². The van der Waals surface area contributed by atoms with Crippen molar-refractivity contribution in [2.45, 2.75) is 32.1 Å². The molecule has 0 unspecified atom stereocenters. The number of aromatic nitrogens is 3. The quantitative estimate of drug-likeness (QED) is 0.201. The first kappa shape index (κ1) is 29.6. The van der Waals surface area contributed by atoms with Gasteiger partial charge >= 0.3 is 6.18 Å². The van der Waals surface area contributed by atoms with Crippen molar-refractivity contribution in [3.8, 4) is 11.3 Å². The standard InChI is InChI=1S/C32H25F5N4O2/c1-40(18-20-9-15-26(38-17-20)21-10-13-23(14-11-21)32(35,36)37)29(42)19-41-27-8-3-2-6-24(27)31(43)39-28(41)16-12-22-5-4-7-25(33)30(22)34/h2-11,13-15,17H,12,16,18-19H2,1H3. The largest absolute Gasteiger partial charge is 0.416 e. The summed E-state index contributed by atoms with van der Waals surface area (Å²) in [7, 11) is 1.60. The SMILES string of the molecule is CN(Cc1ccc(-c2ccc(C(F)(F)F)cc2)nc1)C(=O)Cn1c(CCc2cccc(F)c2F)nc(=O)c2ccccc21. The van der Waals surface area contributed by atoms with Crippen LogP contribution in [-0.4, -0.2) is 32.4 Å². The number of nitrogens with zero attached hydrogens (tertiary/aromatic N) is 4. The lowest BCUT2D eigenvalue weighted by molar-refractivity contribution is -0.137. The van der Waals surface area contributed by atoms with Gasteiger partial charge in [-0.05, 0) is 53.9 Å². The summed E-state index contributed by atoms with van der Waals surface area (Å²) in [6.45, 7) is 0.0247. The van der Waals surface area contributed by atoms with Crippen molar-refractivity contribution in [3.63, 3.8) is 0 Å². The molecule has 0 saturated carbocycles. The van der Waals surface area contributed by atoms with Crippen LogP contribution in [0.4, 0.5) is 22.0 Å². The average molecular weight is 593 g/mol. The number of hydrogen-bond donors (Lipinski definition) is 0. The molecule has 0 radical (unpaired) electrons. The summed E-state index contributed by atoms with van der Waals surface area (Å²) < 4.78 is 68.2. The third-order valence-electron chi connectivity index (χ3n) is 7.09. The lowest BCUT2D eigenvalue weighted by Gasteiger charge is -2.21. The van der Waals surface area contributed by atoms with E-state index in [1.807, 2.05) is 0 Å². The van der Waals surface area contributed by atoms with E-state index in [-0.39, 0.29) is 43.2 Å². The molecule has 0 aliphatic heterocycles. The van der Waals surface area contributed by atoms with Crippen molar-refractivity contribution in [1.82, 2.24) is 19.4 Å². The maximum Gasteiger partial charge on any atom is 0.416 e. The van der Waals surface area contributed by atoms with Gasteiger partial charge in [-0.2, -0.15) is 18.2 Å². The molecule has 0 aliphatic rings. The molecular weight excluding hydrogens is 567 g/mol. The monoisotopic (exact) mass is 592 g/mol. The Labute approximate surface area is 243 Å². The normalized spacial score (nSPS) is 11.6. The smallest absolute Gasteiger partial charge is 0.340 e. The minimum absolute atomic E-state index is 0.0648. The van der Waals surface area contributed by atoms with Crippen LogP contribution in [0.3, 0.4) is 0 Å². The number of rotatable bonds is 8. The van der Waals surface area contributed by atoms with Crippen LogP contribution in [0.15, 0.2) is 89.9 Å². The van der Waals surface area contributed by atoms with Crippen molar-refractivity contribution in [2.24, 2.45) is 0 Å². The molecule has 0 saturated heterocycles. The van der Waals surface area contributed by atoms with Gasteiger partial charge in [0.25, 0.3) is 5.56 Å². The number of pyridine rings is 1. The topological polar surface area (TPSA) is 68.1 Å². The van der Waals surface area contributed by atoms with E-state index in [9.17, 15) is 31.5 Å². The predicted molar refractivity (Wildman–Crippen MR) is 151 cm³/mol. The molecule has 0 N–H and O–H groups in total. The van der Waals surface area contributed by atoms with Gasteiger partial charge in [-0.1, -0.05) is 42.5 Å². The molecule has 6 nitrogen and oxygen atoms in total. The van der Waals surface area contributed by atoms with Gasteiger partial charge < -0.3 is 9.47 Å². The Bertz CT molecular complexity index is 1840. The summed E-state index contributed by atoms with van der Waals surface area (Å²) >= 11 is 0. The predicted octanol–water partition coefficient (Wildman–Crippen LogP) is 6.20. The molecule has 0 atom stereocenters. The van der Waals surface area contributed by atoms with Gasteiger partial charge in [0.05, 0.1) is 22.2 Å². The molecule has 5 rings (SSSR count). The molecule has 5 aromatic rings. The van der Waals surface area contributed by atoms with E-state index in [1.54, 1.807) is 54.2 Å². The van der Waals surface area contributed by atoms with E-state index in [1.165, 1.54) is 29.2 Å². The molecule has 43 heavy (non-hydrogen) atoms. The number of para-hydroxylation sites is 1. The number of amides is 1. The molecule has 220 valence electrons. The molecule has 2 aromatic heterocycles. The summed E-state index contributed by atoms with van der Waals surface area (Å²) in [5, 5.41) is 0.321. The number of alkyl halides is 3. The number of benzene rings is 3. The Morgan fingerprint density at radius 1 is 0.907 bits per heavy atom. The van der Waals surface area contributed by atoms with E-state index >= 15 is 0 Å². The molecule has 0 fully saturated rings. The first-order valence-corrected chi connectivity index (χ1v) is 13.3. The van der Waals surface area contributed by atoms with Crippen LogP contribution in [0.1, 0.15) is 22.5 Å². The van der Waals surface area contributed by atoms with Crippen molar-refractivity contribution in [3.05, 3.63) is 130 Å². The Morgan fingerprint density at radius 3 is 2.35 bits per heavy atom. The van der Waals surface area contributed by atoms with E-state index in [0.29, 0.717) is 27.7 Å². The molecule has 0 bridgehead atoms. The van der Waals surface area contributed by atoms with Gasteiger partial charge in [-0.15, -0.1) is 0 Å². The number of carbonyl (C=O) groups is 1. The first-order valence-electron chi connectivity index (χ1n) is 13.3. The summed E-state index contributed by atoms with van der Waals surface area (Å²) in [5.74, 6) is -1.98. The zero-order valence-corrected chi connectivity index (χ0v) is 22.9. The number of aryl methyl sites for hydroxylation is 2. The van der Waals surface area contributed by atoms with Crippen LogP contribution in [0.2, 0.25) is 0 Å². The van der Waals surface area contributed by atoms with E-state index in [2.05, 4.69) is 9.97 Å². The number of hydrogen-bond acceptors (Lipinski definition) is 4. The molecule has 1 amide bonds. The number of likely N-dealkylation sites (N-methyl/N-ethyl adjacent to an activating group) is 1. The second-order valence-corrected chi connectivity index (χ2v) is 10.0. The summed E-state index contributed by atoms with van der Waals surface area (Å²) in [6, 6.07) is 18.7. The highest BCUT2D eigenvalue weighted by molar-refractivity contribution is 5.82. The second kappa shape index (κ2) is 12.1. The van der Waals surface area contributed by atoms with Gasteiger partial charge in [-0.25, -0.2) is 8.78 Å². The van der Waals surface area contributed by atoms with Crippen LogP contribution >= 0.6 is 0 Å². The van der Waals surface area contributed by atoms with Gasteiger partial charge in [0, 0.05) is 31.8 Å². The van der Waals surface area contributed by atoms with Crippen LogP contribution in [0.25, 0.3) is 22.2 Å². The van der Waals surface area contributed by atoms with E-state index in [0.717, 1.165) is 18.2 Å². The first-order chi connectivity index (χ1) is 20.5. The number of halogens is 5. The summed E-state index contributed by atoms with van der Waals surface area (Å²) in [6.07, 6.45) is -2.72. The fourth-order valence-electron chi connectivity index (χ4n) is 4.76. The highest BCUT2D eigenvalue weighted by Gasteiger charge is 2.30.